The number of halogens is 1. The minimum atomic E-state index is -0.211. The number of ether oxygens (including phenoxy) is 1. The van der Waals surface area contributed by atoms with Gasteiger partial charge in [0.05, 0.1) is 7.11 Å². The van der Waals surface area contributed by atoms with Crippen molar-refractivity contribution in [3.05, 3.63) is 59.1 Å². The Labute approximate surface area is 145 Å². The molecule has 1 atom stereocenters. The highest BCUT2D eigenvalue weighted by molar-refractivity contribution is 6.30. The van der Waals surface area contributed by atoms with E-state index in [0.717, 1.165) is 36.5 Å². The van der Waals surface area contributed by atoms with Gasteiger partial charge in [-0.3, -0.25) is 9.91 Å². The molecule has 0 radical (unpaired) electrons. The average Bonchev–Trinajstić information content (AvgIpc) is 3.18. The fourth-order valence-electron chi connectivity index (χ4n) is 3.49. The number of methoxy groups -OCH3 is 1. The zero-order chi connectivity index (χ0) is 16.7. The average molecular weight is 344 g/mol. The Kier molecular flexibility index (Phi) is 3.82. The third-order valence-electron chi connectivity index (χ3n) is 4.54. The number of rotatable bonds is 3. The van der Waals surface area contributed by atoms with Crippen molar-refractivity contribution < 1.29 is 9.53 Å². The maximum atomic E-state index is 13.0. The summed E-state index contributed by atoms with van der Waals surface area (Å²) in [5, 5.41) is 4.60. The number of amides is 2. The van der Waals surface area contributed by atoms with Crippen LogP contribution in [0, 0.1) is 0 Å². The lowest BCUT2D eigenvalue weighted by Crippen LogP contribution is -2.32. The van der Waals surface area contributed by atoms with E-state index in [1.54, 1.807) is 7.11 Å². The van der Waals surface area contributed by atoms with Gasteiger partial charge in [-0.25, -0.2) is 4.79 Å². The van der Waals surface area contributed by atoms with Crippen LogP contribution in [-0.2, 0) is 0 Å². The van der Waals surface area contributed by atoms with Crippen LogP contribution in [0.2, 0.25) is 5.02 Å². The molecule has 2 saturated heterocycles. The molecule has 4 rings (SSSR count). The predicted octanol–water partition coefficient (Wildman–Crippen LogP) is 3.91. The molecule has 2 fully saturated rings. The normalized spacial score (nSPS) is 20.6. The highest BCUT2D eigenvalue weighted by Crippen LogP contribution is 2.43. The Hall–Kier alpha value is -2.24. The van der Waals surface area contributed by atoms with Crippen molar-refractivity contribution in [1.29, 1.82) is 0 Å². The summed E-state index contributed by atoms with van der Waals surface area (Å²) in [6, 6.07) is 15.2. The van der Waals surface area contributed by atoms with E-state index in [1.165, 1.54) is 0 Å². The number of hydrogen-bond donors (Lipinski definition) is 0. The van der Waals surface area contributed by atoms with Crippen molar-refractivity contribution in [3.63, 3.8) is 0 Å². The summed E-state index contributed by atoms with van der Waals surface area (Å²) in [5.41, 5.74) is 1.81. The number of benzene rings is 2. The Morgan fingerprint density at radius 2 is 1.83 bits per heavy atom. The molecule has 124 valence electrons. The molecular formula is C18H18ClN3O2. The number of carbonyl (C=O) groups is 1. The van der Waals surface area contributed by atoms with Gasteiger partial charge in [-0.1, -0.05) is 29.8 Å². The van der Waals surface area contributed by atoms with Crippen LogP contribution in [0.25, 0.3) is 0 Å². The number of para-hydroxylation sites is 1. The first-order valence-electron chi connectivity index (χ1n) is 7.96. The molecule has 0 spiro atoms. The van der Waals surface area contributed by atoms with Gasteiger partial charge in [-0.05, 0) is 36.8 Å². The molecule has 0 aromatic heterocycles. The molecule has 0 N–H and O–H groups in total. The second-order valence-electron chi connectivity index (χ2n) is 5.88. The van der Waals surface area contributed by atoms with Gasteiger partial charge in [0.2, 0.25) is 0 Å². The lowest BCUT2D eigenvalue weighted by atomic mass is 10.1. The third-order valence-corrected chi connectivity index (χ3v) is 4.79. The summed E-state index contributed by atoms with van der Waals surface area (Å²) in [4.78, 5) is 14.8. The number of carbonyl (C=O) groups excluding carboxylic acids is 1. The van der Waals surface area contributed by atoms with Crippen LogP contribution in [0.15, 0.2) is 48.5 Å². The Morgan fingerprint density at radius 1 is 1.08 bits per heavy atom. The molecule has 6 heteroatoms. The summed E-state index contributed by atoms with van der Waals surface area (Å²) in [5.74, 6) is 0.781. The lowest BCUT2D eigenvalue weighted by molar-refractivity contribution is 0.0718. The Morgan fingerprint density at radius 3 is 2.58 bits per heavy atom. The quantitative estimate of drug-likeness (QED) is 0.847. The SMILES string of the molecule is COc1ccccc1[C@@H]1N(c2ccc(Cl)cc2)C(=O)N2CCCN12. The molecule has 2 aromatic rings. The monoisotopic (exact) mass is 343 g/mol. The van der Waals surface area contributed by atoms with Gasteiger partial charge in [-0.15, -0.1) is 0 Å². The fourth-order valence-corrected chi connectivity index (χ4v) is 3.61. The predicted molar refractivity (Wildman–Crippen MR) is 93.1 cm³/mol. The molecule has 0 bridgehead atoms. The number of anilines is 1. The number of urea groups is 1. The fraction of sp³-hybridized carbons (Fsp3) is 0.278. The van der Waals surface area contributed by atoms with Crippen molar-refractivity contribution in [2.24, 2.45) is 0 Å². The summed E-state index contributed by atoms with van der Waals surface area (Å²) in [6.45, 7) is 1.59. The van der Waals surface area contributed by atoms with Gasteiger partial charge in [0.1, 0.15) is 11.9 Å². The highest BCUT2D eigenvalue weighted by atomic mass is 35.5. The summed E-state index contributed by atoms with van der Waals surface area (Å²) in [7, 11) is 1.66. The third kappa shape index (κ3) is 2.32. The first kappa shape index (κ1) is 15.3. The first-order valence-corrected chi connectivity index (χ1v) is 8.34. The van der Waals surface area contributed by atoms with Gasteiger partial charge in [0.15, 0.2) is 0 Å². The maximum absolute atomic E-state index is 13.0. The van der Waals surface area contributed by atoms with Crippen LogP contribution in [0.3, 0.4) is 0 Å². The van der Waals surface area contributed by atoms with Gasteiger partial charge >= 0.3 is 6.03 Å². The van der Waals surface area contributed by atoms with E-state index in [0.29, 0.717) is 5.02 Å². The van der Waals surface area contributed by atoms with Crippen molar-refractivity contribution in [2.75, 3.05) is 25.1 Å². The van der Waals surface area contributed by atoms with Crippen molar-refractivity contribution in [2.45, 2.75) is 12.6 Å². The van der Waals surface area contributed by atoms with E-state index < -0.39 is 0 Å². The van der Waals surface area contributed by atoms with Crippen molar-refractivity contribution in [1.82, 2.24) is 10.0 Å². The summed E-state index contributed by atoms with van der Waals surface area (Å²) in [6.07, 6.45) is 0.767. The number of fused-ring (bicyclic) bond motifs is 1. The van der Waals surface area contributed by atoms with Gasteiger partial charge in [0.25, 0.3) is 0 Å². The Balaban J connectivity index is 1.83. The summed E-state index contributed by atoms with van der Waals surface area (Å²) >= 11 is 6.01. The standard InChI is InChI=1S/C18H18ClN3O2/c1-24-16-6-3-2-5-15(16)17-20-11-4-12-21(20)18(23)22(17)14-9-7-13(19)8-10-14/h2-3,5-10,17H,4,11-12H2,1H3/t17-/m0/s1. The molecule has 2 aromatic carbocycles. The van der Waals surface area contributed by atoms with Crippen molar-refractivity contribution in [3.8, 4) is 5.75 Å². The van der Waals surface area contributed by atoms with E-state index in [-0.39, 0.29) is 12.2 Å². The van der Waals surface area contributed by atoms with E-state index in [1.807, 2.05) is 58.4 Å². The van der Waals surface area contributed by atoms with Crippen molar-refractivity contribution >= 4 is 23.3 Å². The molecule has 24 heavy (non-hydrogen) atoms. The van der Waals surface area contributed by atoms with E-state index in [4.69, 9.17) is 16.3 Å². The second kappa shape index (κ2) is 6.00. The first-order chi connectivity index (χ1) is 11.7. The van der Waals surface area contributed by atoms with E-state index >= 15 is 0 Å². The van der Waals surface area contributed by atoms with Gasteiger partial charge < -0.3 is 4.74 Å². The topological polar surface area (TPSA) is 36.0 Å². The highest BCUT2D eigenvalue weighted by Gasteiger charge is 2.48. The maximum Gasteiger partial charge on any atom is 0.340 e. The van der Waals surface area contributed by atoms with Crippen LogP contribution in [-0.4, -0.2) is 36.2 Å². The van der Waals surface area contributed by atoms with Crippen LogP contribution < -0.4 is 9.64 Å². The summed E-state index contributed by atoms with van der Waals surface area (Å²) < 4.78 is 5.54. The minimum Gasteiger partial charge on any atom is -0.496 e. The number of hydrazine groups is 1. The van der Waals surface area contributed by atoms with Crippen LogP contribution >= 0.6 is 11.6 Å². The second-order valence-corrected chi connectivity index (χ2v) is 6.32. The van der Waals surface area contributed by atoms with E-state index in [9.17, 15) is 4.79 Å². The Bertz CT molecular complexity index is 765. The molecule has 2 aliphatic rings. The molecular weight excluding hydrogens is 326 g/mol. The molecule has 2 amide bonds. The molecule has 0 unspecified atom stereocenters. The molecule has 2 aliphatic heterocycles. The smallest absolute Gasteiger partial charge is 0.340 e. The largest absolute Gasteiger partial charge is 0.496 e. The molecule has 5 nitrogen and oxygen atoms in total. The minimum absolute atomic E-state index is 0.00858. The lowest BCUT2D eigenvalue weighted by Gasteiger charge is -2.29. The molecule has 2 heterocycles. The number of hydrogen-bond acceptors (Lipinski definition) is 3. The molecule has 0 aliphatic carbocycles. The van der Waals surface area contributed by atoms with Crippen LogP contribution in [0.4, 0.5) is 10.5 Å². The van der Waals surface area contributed by atoms with Crippen LogP contribution in [0.5, 0.6) is 5.75 Å². The van der Waals surface area contributed by atoms with Gasteiger partial charge in [0, 0.05) is 29.4 Å². The zero-order valence-electron chi connectivity index (χ0n) is 13.4. The number of nitrogens with zero attached hydrogens (tertiary/aromatic N) is 3. The molecule has 0 saturated carbocycles. The van der Waals surface area contributed by atoms with E-state index in [2.05, 4.69) is 5.01 Å². The van der Waals surface area contributed by atoms with Crippen LogP contribution in [0.1, 0.15) is 18.2 Å². The van der Waals surface area contributed by atoms with Gasteiger partial charge in [-0.2, -0.15) is 5.01 Å². The zero-order valence-corrected chi connectivity index (χ0v) is 14.1.